The normalized spacial score (nSPS) is 24.2. The van der Waals surface area contributed by atoms with Crippen LogP contribution in [-0.4, -0.2) is 63.0 Å². The molecular weight excluding hydrogens is 216 g/mol. The second kappa shape index (κ2) is 6.69. The third-order valence-electron chi connectivity index (χ3n) is 3.25. The van der Waals surface area contributed by atoms with Gasteiger partial charge >= 0.3 is 0 Å². The van der Waals surface area contributed by atoms with Crippen LogP contribution < -0.4 is 5.32 Å². The Morgan fingerprint density at radius 2 is 2.06 bits per heavy atom. The van der Waals surface area contributed by atoms with E-state index in [1.165, 1.54) is 0 Å². The van der Waals surface area contributed by atoms with Gasteiger partial charge in [-0.2, -0.15) is 0 Å². The quantitative estimate of drug-likeness (QED) is 0.759. The van der Waals surface area contributed by atoms with Crippen molar-refractivity contribution in [3.05, 3.63) is 0 Å². The van der Waals surface area contributed by atoms with Gasteiger partial charge in [-0.15, -0.1) is 0 Å². The molecule has 0 saturated carbocycles. The predicted octanol–water partition coefficient (Wildman–Crippen LogP) is 1.11. The molecule has 4 nitrogen and oxygen atoms in total. The Bertz CT molecular complexity index is 216. The van der Waals surface area contributed by atoms with E-state index in [2.05, 4.69) is 31.0 Å². The van der Waals surface area contributed by atoms with Crippen molar-refractivity contribution in [2.75, 3.05) is 40.5 Å². The number of hydrogen-bond donors (Lipinski definition) is 1. The van der Waals surface area contributed by atoms with Gasteiger partial charge in [0.15, 0.2) is 0 Å². The molecule has 0 aromatic heterocycles. The van der Waals surface area contributed by atoms with E-state index in [1.807, 2.05) is 0 Å². The number of rotatable bonds is 6. The predicted molar refractivity (Wildman–Crippen MR) is 70.4 cm³/mol. The average Bonchev–Trinajstić information content (AvgIpc) is 2.71. The van der Waals surface area contributed by atoms with E-state index >= 15 is 0 Å². The number of ether oxygens (including phenoxy) is 2. The van der Waals surface area contributed by atoms with Gasteiger partial charge in [0.1, 0.15) is 0 Å². The minimum Gasteiger partial charge on any atom is -0.383 e. The lowest BCUT2D eigenvalue weighted by molar-refractivity contribution is 0.0734. The van der Waals surface area contributed by atoms with Crippen molar-refractivity contribution in [3.8, 4) is 0 Å². The summed E-state index contributed by atoms with van der Waals surface area (Å²) in [7, 11) is 3.57. The van der Waals surface area contributed by atoms with Crippen LogP contribution in [0, 0.1) is 0 Å². The van der Waals surface area contributed by atoms with Crippen LogP contribution in [0.25, 0.3) is 0 Å². The molecule has 1 heterocycles. The number of likely N-dealkylation sites (tertiary alicyclic amines) is 1. The summed E-state index contributed by atoms with van der Waals surface area (Å²) in [5, 5.41) is 3.55. The topological polar surface area (TPSA) is 33.7 Å². The lowest BCUT2D eigenvalue weighted by atomic mass is 10.1. The van der Waals surface area contributed by atoms with Gasteiger partial charge in [0.05, 0.1) is 12.7 Å². The van der Waals surface area contributed by atoms with Gasteiger partial charge in [0, 0.05) is 45.4 Å². The summed E-state index contributed by atoms with van der Waals surface area (Å²) >= 11 is 0. The standard InChI is InChI=1S/C13H28N2O2/c1-13(2,3)14-8-11(10-16-4)15-7-6-12(9-15)17-5/h11-12,14H,6-10H2,1-5H3. The SMILES string of the molecule is COCC(CNC(C)(C)C)N1CCC(OC)C1. The third-order valence-corrected chi connectivity index (χ3v) is 3.25. The molecule has 0 aliphatic carbocycles. The van der Waals surface area contributed by atoms with Crippen LogP contribution in [0.2, 0.25) is 0 Å². The molecule has 4 heteroatoms. The van der Waals surface area contributed by atoms with Crippen molar-refractivity contribution >= 4 is 0 Å². The first-order chi connectivity index (χ1) is 7.96. The maximum Gasteiger partial charge on any atom is 0.0710 e. The van der Waals surface area contributed by atoms with Crippen LogP contribution in [0.1, 0.15) is 27.2 Å². The maximum absolute atomic E-state index is 5.41. The summed E-state index contributed by atoms with van der Waals surface area (Å²) in [6, 6.07) is 0.444. The zero-order valence-electron chi connectivity index (χ0n) is 12.0. The molecule has 0 spiro atoms. The van der Waals surface area contributed by atoms with Crippen LogP contribution in [0.3, 0.4) is 0 Å². The summed E-state index contributed by atoms with van der Waals surface area (Å²) in [4.78, 5) is 2.47. The fourth-order valence-electron chi connectivity index (χ4n) is 2.19. The monoisotopic (exact) mass is 244 g/mol. The van der Waals surface area contributed by atoms with Crippen molar-refractivity contribution in [1.29, 1.82) is 0 Å². The molecule has 102 valence electrons. The minimum atomic E-state index is 0.159. The molecule has 1 N–H and O–H groups in total. The van der Waals surface area contributed by atoms with Gasteiger partial charge in [-0.05, 0) is 27.2 Å². The van der Waals surface area contributed by atoms with Gasteiger partial charge < -0.3 is 14.8 Å². The number of nitrogens with zero attached hydrogens (tertiary/aromatic N) is 1. The zero-order valence-corrected chi connectivity index (χ0v) is 12.0. The Morgan fingerprint density at radius 3 is 2.53 bits per heavy atom. The van der Waals surface area contributed by atoms with Crippen molar-refractivity contribution in [2.24, 2.45) is 0 Å². The molecule has 1 aliphatic heterocycles. The Labute approximate surface area is 106 Å². The highest BCUT2D eigenvalue weighted by atomic mass is 16.5. The van der Waals surface area contributed by atoms with Crippen molar-refractivity contribution in [1.82, 2.24) is 10.2 Å². The molecule has 0 aromatic carbocycles. The Kier molecular flexibility index (Phi) is 5.86. The first-order valence-corrected chi connectivity index (χ1v) is 6.47. The van der Waals surface area contributed by atoms with Crippen LogP contribution in [0.15, 0.2) is 0 Å². The third kappa shape index (κ3) is 5.34. The zero-order chi connectivity index (χ0) is 12.9. The highest BCUT2D eigenvalue weighted by Gasteiger charge is 2.28. The van der Waals surface area contributed by atoms with Crippen LogP contribution >= 0.6 is 0 Å². The van der Waals surface area contributed by atoms with Crippen molar-refractivity contribution in [3.63, 3.8) is 0 Å². The van der Waals surface area contributed by atoms with E-state index in [4.69, 9.17) is 9.47 Å². The first-order valence-electron chi connectivity index (χ1n) is 6.47. The highest BCUT2D eigenvalue weighted by molar-refractivity contribution is 4.85. The fraction of sp³-hybridized carbons (Fsp3) is 1.00. The van der Waals surface area contributed by atoms with E-state index in [0.717, 1.165) is 32.7 Å². The number of hydrogen-bond acceptors (Lipinski definition) is 4. The van der Waals surface area contributed by atoms with Gasteiger partial charge in [-0.1, -0.05) is 0 Å². The molecule has 1 aliphatic rings. The molecular formula is C13H28N2O2. The lowest BCUT2D eigenvalue weighted by Crippen LogP contribution is -2.49. The highest BCUT2D eigenvalue weighted by Crippen LogP contribution is 2.15. The number of methoxy groups -OCH3 is 2. The second-order valence-corrected chi connectivity index (χ2v) is 5.88. The molecule has 2 unspecified atom stereocenters. The van der Waals surface area contributed by atoms with E-state index in [1.54, 1.807) is 14.2 Å². The van der Waals surface area contributed by atoms with Crippen LogP contribution in [0.4, 0.5) is 0 Å². The number of nitrogens with one attached hydrogen (secondary N) is 1. The molecule has 0 amide bonds. The smallest absolute Gasteiger partial charge is 0.0710 e. The molecule has 2 atom stereocenters. The Balaban J connectivity index is 2.42. The van der Waals surface area contributed by atoms with E-state index in [0.29, 0.717) is 12.1 Å². The van der Waals surface area contributed by atoms with Crippen LogP contribution in [-0.2, 0) is 9.47 Å². The van der Waals surface area contributed by atoms with Crippen molar-refractivity contribution in [2.45, 2.75) is 44.9 Å². The van der Waals surface area contributed by atoms with Gasteiger partial charge in [-0.3, -0.25) is 4.90 Å². The van der Waals surface area contributed by atoms with Crippen molar-refractivity contribution < 1.29 is 9.47 Å². The first kappa shape index (κ1) is 14.9. The average molecular weight is 244 g/mol. The largest absolute Gasteiger partial charge is 0.383 e. The summed E-state index contributed by atoms with van der Waals surface area (Å²) in [5.74, 6) is 0. The molecule has 1 rings (SSSR count). The van der Waals surface area contributed by atoms with Gasteiger partial charge in [-0.25, -0.2) is 0 Å². The fourth-order valence-corrected chi connectivity index (χ4v) is 2.19. The minimum absolute atomic E-state index is 0.159. The Morgan fingerprint density at radius 1 is 1.35 bits per heavy atom. The molecule has 0 radical (unpaired) electrons. The molecule has 1 fully saturated rings. The van der Waals surface area contributed by atoms with Gasteiger partial charge in [0.25, 0.3) is 0 Å². The lowest BCUT2D eigenvalue weighted by Gasteiger charge is -2.31. The summed E-state index contributed by atoms with van der Waals surface area (Å²) in [5.41, 5.74) is 0.159. The molecule has 17 heavy (non-hydrogen) atoms. The molecule has 0 aromatic rings. The molecule has 1 saturated heterocycles. The second-order valence-electron chi connectivity index (χ2n) is 5.88. The molecule has 0 bridgehead atoms. The Hall–Kier alpha value is -0.160. The van der Waals surface area contributed by atoms with Crippen LogP contribution in [0.5, 0.6) is 0 Å². The maximum atomic E-state index is 5.41. The summed E-state index contributed by atoms with van der Waals surface area (Å²) in [6.45, 7) is 10.5. The van der Waals surface area contributed by atoms with Gasteiger partial charge in [0.2, 0.25) is 0 Å². The van der Waals surface area contributed by atoms with E-state index in [9.17, 15) is 0 Å². The van der Waals surface area contributed by atoms with E-state index < -0.39 is 0 Å². The summed E-state index contributed by atoms with van der Waals surface area (Å²) in [6.07, 6.45) is 1.52. The summed E-state index contributed by atoms with van der Waals surface area (Å²) < 4.78 is 10.7. The van der Waals surface area contributed by atoms with E-state index in [-0.39, 0.29) is 5.54 Å².